The average Bonchev–Trinajstić information content (AvgIpc) is 3.13. The zero-order valence-corrected chi connectivity index (χ0v) is 17.2. The molecule has 0 saturated heterocycles. The Bertz CT molecular complexity index is 1280. The van der Waals surface area contributed by atoms with Gasteiger partial charge in [-0.3, -0.25) is 4.79 Å². The van der Waals surface area contributed by atoms with Crippen LogP contribution in [0.3, 0.4) is 0 Å². The van der Waals surface area contributed by atoms with Crippen molar-refractivity contribution < 1.29 is 27.4 Å². The number of nitrogens with zero attached hydrogens (tertiary/aromatic N) is 3. The smallest absolute Gasteiger partial charge is 0.491 e. The van der Waals surface area contributed by atoms with E-state index in [-0.39, 0.29) is 11.7 Å². The predicted molar refractivity (Wildman–Crippen MR) is 114 cm³/mol. The molecule has 1 aliphatic rings. The molecular weight excluding hydrogens is 435 g/mol. The SMILES string of the molecule is O=C1c2cc(-c3ccc(OC(F)(F)F)cc3)ccc2OCCN1Cc1cn2ccccc2n1. The van der Waals surface area contributed by atoms with E-state index in [0.717, 1.165) is 11.3 Å². The molecule has 3 heterocycles. The van der Waals surface area contributed by atoms with Crippen molar-refractivity contribution >= 4 is 11.6 Å². The van der Waals surface area contributed by atoms with Crippen LogP contribution in [0.1, 0.15) is 16.1 Å². The maximum atomic E-state index is 13.3. The van der Waals surface area contributed by atoms with Crippen LogP contribution in [0.25, 0.3) is 16.8 Å². The van der Waals surface area contributed by atoms with Crippen molar-refractivity contribution in [3.8, 4) is 22.6 Å². The molecule has 2 aromatic carbocycles. The lowest BCUT2D eigenvalue weighted by Gasteiger charge is -2.18. The fraction of sp³-hybridized carbons (Fsp3) is 0.167. The molecule has 168 valence electrons. The van der Waals surface area contributed by atoms with Gasteiger partial charge in [-0.1, -0.05) is 24.3 Å². The normalized spacial score (nSPS) is 14.0. The summed E-state index contributed by atoms with van der Waals surface area (Å²) in [5, 5.41) is 0. The number of pyridine rings is 1. The van der Waals surface area contributed by atoms with Crippen LogP contribution in [0.4, 0.5) is 13.2 Å². The van der Waals surface area contributed by atoms with Gasteiger partial charge in [0.2, 0.25) is 0 Å². The zero-order valence-electron chi connectivity index (χ0n) is 17.2. The molecule has 0 fully saturated rings. The number of amides is 1. The van der Waals surface area contributed by atoms with E-state index in [1.54, 1.807) is 23.1 Å². The first kappa shape index (κ1) is 20.9. The van der Waals surface area contributed by atoms with Crippen LogP contribution in [0.2, 0.25) is 0 Å². The van der Waals surface area contributed by atoms with Gasteiger partial charge in [0.1, 0.15) is 23.8 Å². The van der Waals surface area contributed by atoms with E-state index >= 15 is 0 Å². The number of imidazole rings is 1. The van der Waals surface area contributed by atoms with Gasteiger partial charge in [0.05, 0.1) is 24.3 Å². The highest BCUT2D eigenvalue weighted by Crippen LogP contribution is 2.31. The van der Waals surface area contributed by atoms with Crippen LogP contribution >= 0.6 is 0 Å². The fourth-order valence-electron chi connectivity index (χ4n) is 3.80. The van der Waals surface area contributed by atoms with E-state index in [0.29, 0.717) is 42.1 Å². The van der Waals surface area contributed by atoms with Crippen molar-refractivity contribution in [2.75, 3.05) is 13.2 Å². The molecule has 0 unspecified atom stereocenters. The lowest BCUT2D eigenvalue weighted by Crippen LogP contribution is -2.32. The Morgan fingerprint density at radius 1 is 1.03 bits per heavy atom. The van der Waals surface area contributed by atoms with E-state index in [4.69, 9.17) is 4.74 Å². The summed E-state index contributed by atoms with van der Waals surface area (Å²) in [5.41, 5.74) is 3.28. The van der Waals surface area contributed by atoms with Crippen molar-refractivity contribution in [1.29, 1.82) is 0 Å². The maximum absolute atomic E-state index is 13.3. The molecule has 0 aliphatic carbocycles. The molecule has 0 N–H and O–H groups in total. The average molecular weight is 453 g/mol. The molecule has 0 atom stereocenters. The molecule has 33 heavy (non-hydrogen) atoms. The number of alkyl halides is 3. The maximum Gasteiger partial charge on any atom is 0.573 e. The number of ether oxygens (including phenoxy) is 2. The molecule has 0 spiro atoms. The number of halogens is 3. The molecule has 1 aliphatic heterocycles. The molecule has 2 aromatic heterocycles. The van der Waals surface area contributed by atoms with E-state index in [1.165, 1.54) is 24.3 Å². The molecule has 0 radical (unpaired) electrons. The van der Waals surface area contributed by atoms with Gasteiger partial charge in [0.15, 0.2) is 0 Å². The summed E-state index contributed by atoms with van der Waals surface area (Å²) in [4.78, 5) is 19.6. The van der Waals surface area contributed by atoms with Gasteiger partial charge in [-0.05, 0) is 47.5 Å². The highest BCUT2D eigenvalue weighted by Gasteiger charge is 2.31. The molecule has 4 aromatic rings. The lowest BCUT2D eigenvalue weighted by molar-refractivity contribution is -0.274. The van der Waals surface area contributed by atoms with Gasteiger partial charge in [-0.2, -0.15) is 0 Å². The number of hydrogen-bond acceptors (Lipinski definition) is 4. The first-order chi connectivity index (χ1) is 15.9. The summed E-state index contributed by atoms with van der Waals surface area (Å²) in [6, 6.07) is 16.4. The van der Waals surface area contributed by atoms with Crippen molar-refractivity contribution in [3.63, 3.8) is 0 Å². The highest BCUT2D eigenvalue weighted by molar-refractivity contribution is 5.98. The first-order valence-corrected chi connectivity index (χ1v) is 10.2. The van der Waals surface area contributed by atoms with Crippen molar-refractivity contribution in [3.05, 3.63) is 84.3 Å². The molecule has 6 nitrogen and oxygen atoms in total. The number of fused-ring (bicyclic) bond motifs is 2. The molecule has 0 bridgehead atoms. The third-order valence-corrected chi connectivity index (χ3v) is 5.30. The Balaban J connectivity index is 1.40. The van der Waals surface area contributed by atoms with Gasteiger partial charge >= 0.3 is 6.36 Å². The summed E-state index contributed by atoms with van der Waals surface area (Å²) < 4.78 is 48.8. The van der Waals surface area contributed by atoms with Crippen LogP contribution in [0, 0.1) is 0 Å². The summed E-state index contributed by atoms with van der Waals surface area (Å²) >= 11 is 0. The number of carbonyl (C=O) groups is 1. The Morgan fingerprint density at radius 3 is 2.58 bits per heavy atom. The summed E-state index contributed by atoms with van der Waals surface area (Å²) in [6.07, 6.45) is -0.970. The second-order valence-electron chi connectivity index (χ2n) is 7.56. The van der Waals surface area contributed by atoms with Crippen LogP contribution in [-0.2, 0) is 6.54 Å². The Labute approximate surface area is 186 Å². The zero-order chi connectivity index (χ0) is 23.0. The number of benzene rings is 2. The molecular formula is C24H18F3N3O3. The summed E-state index contributed by atoms with van der Waals surface area (Å²) in [7, 11) is 0. The minimum absolute atomic E-state index is 0.196. The third kappa shape index (κ3) is 4.48. The van der Waals surface area contributed by atoms with Crippen molar-refractivity contribution in [2.24, 2.45) is 0 Å². The minimum Gasteiger partial charge on any atom is -0.491 e. The third-order valence-electron chi connectivity index (χ3n) is 5.30. The van der Waals surface area contributed by atoms with E-state index in [1.807, 2.05) is 35.0 Å². The molecule has 9 heteroatoms. The van der Waals surface area contributed by atoms with E-state index in [2.05, 4.69) is 9.72 Å². The van der Waals surface area contributed by atoms with Crippen LogP contribution in [0.5, 0.6) is 11.5 Å². The fourth-order valence-corrected chi connectivity index (χ4v) is 3.80. The number of aromatic nitrogens is 2. The number of rotatable bonds is 4. The molecule has 5 rings (SSSR count). The van der Waals surface area contributed by atoms with Crippen molar-refractivity contribution in [2.45, 2.75) is 12.9 Å². The van der Waals surface area contributed by atoms with Crippen LogP contribution < -0.4 is 9.47 Å². The summed E-state index contributed by atoms with van der Waals surface area (Å²) in [5.74, 6) is -0.0317. The number of carbonyl (C=O) groups excluding carboxylic acids is 1. The summed E-state index contributed by atoms with van der Waals surface area (Å²) in [6.45, 7) is 1.08. The Hall–Kier alpha value is -4.01. The van der Waals surface area contributed by atoms with Crippen LogP contribution in [0.15, 0.2) is 73.1 Å². The quantitative estimate of drug-likeness (QED) is 0.440. The minimum atomic E-state index is -4.75. The second kappa shape index (κ2) is 8.16. The van der Waals surface area contributed by atoms with Gasteiger partial charge < -0.3 is 18.8 Å². The van der Waals surface area contributed by atoms with Gasteiger partial charge in [-0.25, -0.2) is 4.98 Å². The monoisotopic (exact) mass is 453 g/mol. The van der Waals surface area contributed by atoms with Crippen LogP contribution in [-0.4, -0.2) is 39.7 Å². The highest BCUT2D eigenvalue weighted by atomic mass is 19.4. The lowest BCUT2D eigenvalue weighted by atomic mass is 10.0. The van der Waals surface area contributed by atoms with Gasteiger partial charge in [-0.15, -0.1) is 13.2 Å². The molecule has 1 amide bonds. The van der Waals surface area contributed by atoms with Gasteiger partial charge in [0.25, 0.3) is 5.91 Å². The Morgan fingerprint density at radius 2 is 1.82 bits per heavy atom. The first-order valence-electron chi connectivity index (χ1n) is 10.2. The van der Waals surface area contributed by atoms with E-state index in [9.17, 15) is 18.0 Å². The largest absolute Gasteiger partial charge is 0.573 e. The number of hydrogen-bond donors (Lipinski definition) is 0. The standard InChI is InChI=1S/C24H18F3N3O3/c25-24(26,27)33-19-7-4-16(5-8-19)17-6-9-21-20(13-17)23(31)30(11-12-32-21)15-18-14-29-10-2-1-3-22(29)28-18/h1-10,13-14H,11-12,15H2. The Kier molecular flexibility index (Phi) is 5.16. The van der Waals surface area contributed by atoms with Gasteiger partial charge in [0, 0.05) is 12.4 Å². The topological polar surface area (TPSA) is 56.1 Å². The van der Waals surface area contributed by atoms with Crippen molar-refractivity contribution in [1.82, 2.24) is 14.3 Å². The second-order valence-corrected chi connectivity index (χ2v) is 7.56. The predicted octanol–water partition coefficient (Wildman–Crippen LogP) is 4.93. The van der Waals surface area contributed by atoms with E-state index < -0.39 is 6.36 Å². The molecule has 0 saturated carbocycles.